The molecule has 0 saturated carbocycles. The summed E-state index contributed by atoms with van der Waals surface area (Å²) in [4.78, 5) is 28.4. The monoisotopic (exact) mass is 334 g/mol. The van der Waals surface area contributed by atoms with Gasteiger partial charge in [-0.2, -0.15) is 0 Å². The number of benzene rings is 1. The molecule has 0 saturated heterocycles. The molecule has 0 atom stereocenters. The van der Waals surface area contributed by atoms with Crippen molar-refractivity contribution in [1.29, 1.82) is 0 Å². The number of hydrogen-bond donors (Lipinski definition) is 6. The number of hydrazine groups is 2. The predicted molar refractivity (Wildman–Crippen MR) is 92.1 cm³/mol. The molecular weight excluding hydrogens is 312 g/mol. The lowest BCUT2D eigenvalue weighted by Gasteiger charge is -1.95. The van der Waals surface area contributed by atoms with Crippen LogP contribution in [0.5, 0.6) is 0 Å². The van der Waals surface area contributed by atoms with E-state index in [1.54, 1.807) is 30.3 Å². The Balaban J connectivity index is 0.000000185. The molecule has 24 heavy (non-hydrogen) atoms. The minimum Gasteiger partial charge on any atom is -0.353 e. The number of aldehydes is 1. The first-order valence-corrected chi connectivity index (χ1v) is 7.25. The minimum atomic E-state index is -0.472. The van der Waals surface area contributed by atoms with Crippen LogP contribution in [-0.2, 0) is 4.79 Å². The standard InChI is InChI=1S/C8H6O2.2C3H8N4/c9-6-8(10)7-4-2-1-3-5-7;2*4-7-3-5-1-2-6-3/h1-6H;2*1-2,4H2,(H2,5,6,7). The van der Waals surface area contributed by atoms with Gasteiger partial charge in [-0.1, -0.05) is 30.3 Å². The molecule has 1 aromatic rings. The first kappa shape index (κ1) is 19.1. The van der Waals surface area contributed by atoms with E-state index < -0.39 is 5.78 Å². The zero-order valence-electron chi connectivity index (χ0n) is 13.2. The fraction of sp³-hybridized carbons (Fsp3) is 0.286. The highest BCUT2D eigenvalue weighted by molar-refractivity contribution is 6.33. The van der Waals surface area contributed by atoms with E-state index in [0.29, 0.717) is 23.8 Å². The van der Waals surface area contributed by atoms with Crippen molar-refractivity contribution in [1.82, 2.24) is 21.5 Å². The number of carbonyl (C=O) groups excluding carboxylic acids is 2. The average Bonchev–Trinajstić information content (AvgIpc) is 3.36. The minimum absolute atomic E-state index is 0.315. The Morgan fingerprint density at radius 1 is 1.00 bits per heavy atom. The highest BCUT2D eigenvalue weighted by Crippen LogP contribution is 1.96. The first-order valence-electron chi connectivity index (χ1n) is 7.25. The molecule has 2 heterocycles. The van der Waals surface area contributed by atoms with Gasteiger partial charge in [-0.3, -0.25) is 30.4 Å². The SMILES string of the molecule is NNC1=NCCN1.NNC1=NCCN1.O=CC(=O)c1ccccc1. The lowest BCUT2D eigenvalue weighted by molar-refractivity contribution is -0.104. The van der Waals surface area contributed by atoms with Gasteiger partial charge in [-0.05, 0) is 0 Å². The van der Waals surface area contributed by atoms with Crippen molar-refractivity contribution in [2.24, 2.45) is 21.7 Å². The zero-order valence-corrected chi connectivity index (χ0v) is 13.2. The Morgan fingerprint density at radius 2 is 1.50 bits per heavy atom. The fourth-order valence-corrected chi connectivity index (χ4v) is 1.66. The van der Waals surface area contributed by atoms with Gasteiger partial charge in [0.15, 0.2) is 6.29 Å². The second-order valence-electron chi connectivity index (χ2n) is 4.45. The van der Waals surface area contributed by atoms with Crippen LogP contribution in [-0.4, -0.2) is 50.2 Å². The van der Waals surface area contributed by atoms with Gasteiger partial charge in [0, 0.05) is 18.7 Å². The van der Waals surface area contributed by atoms with Gasteiger partial charge < -0.3 is 10.6 Å². The van der Waals surface area contributed by atoms with E-state index in [4.69, 9.17) is 11.7 Å². The average molecular weight is 334 g/mol. The number of nitrogens with zero attached hydrogens (tertiary/aromatic N) is 2. The molecule has 10 nitrogen and oxygen atoms in total. The second kappa shape index (κ2) is 11.6. The summed E-state index contributed by atoms with van der Waals surface area (Å²) in [5.74, 6) is 10.9. The summed E-state index contributed by atoms with van der Waals surface area (Å²) in [5, 5.41) is 5.84. The van der Waals surface area contributed by atoms with Crippen LogP contribution in [0.2, 0.25) is 0 Å². The van der Waals surface area contributed by atoms with Crippen LogP contribution in [0.3, 0.4) is 0 Å². The van der Waals surface area contributed by atoms with Crippen LogP contribution in [0.15, 0.2) is 40.3 Å². The number of aliphatic imine (C=N–C) groups is 2. The van der Waals surface area contributed by atoms with Gasteiger partial charge in [-0.25, -0.2) is 11.7 Å². The fourth-order valence-electron chi connectivity index (χ4n) is 1.66. The Bertz CT molecular complexity index is 549. The Kier molecular flexibility index (Phi) is 9.19. The van der Waals surface area contributed by atoms with Gasteiger partial charge >= 0.3 is 0 Å². The quantitative estimate of drug-likeness (QED) is 0.118. The first-order chi connectivity index (χ1) is 11.7. The Morgan fingerprint density at radius 3 is 1.79 bits per heavy atom. The van der Waals surface area contributed by atoms with Gasteiger partial charge in [0.1, 0.15) is 0 Å². The smallest absolute Gasteiger partial charge is 0.225 e. The van der Waals surface area contributed by atoms with Crippen molar-refractivity contribution < 1.29 is 9.59 Å². The number of nitrogens with two attached hydrogens (primary N) is 2. The molecule has 0 radical (unpaired) electrons. The van der Waals surface area contributed by atoms with Crippen molar-refractivity contribution in [3.05, 3.63) is 35.9 Å². The molecule has 2 aliphatic heterocycles. The molecule has 10 heteroatoms. The highest BCUT2D eigenvalue weighted by atomic mass is 16.2. The maximum absolute atomic E-state index is 10.6. The molecule has 0 spiro atoms. The molecule has 1 aromatic carbocycles. The van der Waals surface area contributed by atoms with Crippen LogP contribution in [0.4, 0.5) is 0 Å². The van der Waals surface area contributed by atoms with Crippen LogP contribution in [0, 0.1) is 0 Å². The molecule has 0 amide bonds. The van der Waals surface area contributed by atoms with Gasteiger partial charge in [0.05, 0.1) is 13.1 Å². The molecule has 8 N–H and O–H groups in total. The summed E-state index contributed by atoms with van der Waals surface area (Å²) < 4.78 is 0. The zero-order chi connectivity index (χ0) is 17.6. The topological polar surface area (TPSA) is 159 Å². The molecular formula is C14H22N8O2. The van der Waals surface area contributed by atoms with E-state index in [9.17, 15) is 9.59 Å². The van der Waals surface area contributed by atoms with E-state index in [1.807, 2.05) is 0 Å². The number of nitrogens with one attached hydrogen (secondary N) is 4. The van der Waals surface area contributed by atoms with Crippen molar-refractivity contribution >= 4 is 24.0 Å². The third kappa shape index (κ3) is 7.33. The summed E-state index contributed by atoms with van der Waals surface area (Å²) >= 11 is 0. The molecule has 2 aliphatic rings. The number of ketones is 1. The van der Waals surface area contributed by atoms with Crippen LogP contribution >= 0.6 is 0 Å². The van der Waals surface area contributed by atoms with Crippen molar-refractivity contribution in [2.45, 2.75) is 0 Å². The van der Waals surface area contributed by atoms with Crippen molar-refractivity contribution in [2.75, 3.05) is 26.2 Å². The number of guanidine groups is 2. The Hall–Kier alpha value is -2.98. The summed E-state index contributed by atoms with van der Waals surface area (Å²) in [6, 6.07) is 8.45. The summed E-state index contributed by atoms with van der Waals surface area (Å²) in [6.45, 7) is 3.47. The number of rotatable bonds is 2. The lowest BCUT2D eigenvalue weighted by atomic mass is 10.1. The van der Waals surface area contributed by atoms with Crippen LogP contribution < -0.4 is 33.2 Å². The van der Waals surface area contributed by atoms with E-state index in [0.717, 1.165) is 26.2 Å². The molecule has 0 unspecified atom stereocenters. The number of carbonyl (C=O) groups is 2. The van der Waals surface area contributed by atoms with E-state index in [1.165, 1.54) is 0 Å². The predicted octanol–water partition coefficient (Wildman–Crippen LogP) is -2.11. The van der Waals surface area contributed by atoms with Crippen LogP contribution in [0.25, 0.3) is 0 Å². The molecule has 0 bridgehead atoms. The van der Waals surface area contributed by atoms with Crippen LogP contribution in [0.1, 0.15) is 10.4 Å². The Labute approximate surface area is 139 Å². The van der Waals surface area contributed by atoms with E-state index >= 15 is 0 Å². The molecule has 0 aromatic heterocycles. The molecule has 0 fully saturated rings. The third-order valence-corrected chi connectivity index (χ3v) is 2.79. The van der Waals surface area contributed by atoms with Gasteiger partial charge in [0.25, 0.3) is 0 Å². The van der Waals surface area contributed by atoms with E-state index in [2.05, 4.69) is 31.5 Å². The number of hydrogen-bond acceptors (Lipinski definition) is 10. The molecule has 3 rings (SSSR count). The highest BCUT2D eigenvalue weighted by Gasteiger charge is 2.00. The largest absolute Gasteiger partial charge is 0.353 e. The van der Waals surface area contributed by atoms with Gasteiger partial charge in [-0.15, -0.1) is 0 Å². The lowest BCUT2D eigenvalue weighted by Crippen LogP contribution is -2.38. The second-order valence-corrected chi connectivity index (χ2v) is 4.45. The maximum Gasteiger partial charge on any atom is 0.225 e. The number of Topliss-reactive ketones (excluding diaryl/α,β-unsaturated/α-hetero) is 1. The van der Waals surface area contributed by atoms with Crippen molar-refractivity contribution in [3.63, 3.8) is 0 Å². The van der Waals surface area contributed by atoms with Gasteiger partial charge in [0.2, 0.25) is 17.7 Å². The normalized spacial score (nSPS) is 14.2. The third-order valence-electron chi connectivity index (χ3n) is 2.79. The molecule has 0 aliphatic carbocycles. The van der Waals surface area contributed by atoms with E-state index in [-0.39, 0.29) is 0 Å². The maximum atomic E-state index is 10.6. The summed E-state index contributed by atoms with van der Waals surface area (Å²) in [5.41, 5.74) is 5.25. The van der Waals surface area contributed by atoms with Crippen molar-refractivity contribution in [3.8, 4) is 0 Å². The molecule has 130 valence electrons. The summed E-state index contributed by atoms with van der Waals surface area (Å²) in [7, 11) is 0. The summed E-state index contributed by atoms with van der Waals surface area (Å²) in [6.07, 6.45) is 0.315.